The lowest BCUT2D eigenvalue weighted by Gasteiger charge is -2.01. The largest absolute Gasteiger partial charge is 0.310 e. The molecule has 0 atom stereocenters. The van der Waals surface area contributed by atoms with E-state index in [1.165, 1.54) is 24.0 Å². The fourth-order valence-corrected chi connectivity index (χ4v) is 2.49. The fraction of sp³-hybridized carbons (Fsp3) is 0.417. The van der Waals surface area contributed by atoms with E-state index in [1.54, 1.807) is 11.3 Å². The summed E-state index contributed by atoms with van der Waals surface area (Å²) >= 11 is 1.72. The first kappa shape index (κ1) is 10.1. The minimum absolute atomic E-state index is 0.746. The minimum Gasteiger partial charge on any atom is -0.310 e. The quantitative estimate of drug-likeness (QED) is 0.879. The molecule has 0 saturated heterocycles. The molecule has 2 aromatic heterocycles. The van der Waals surface area contributed by atoms with Gasteiger partial charge in [0.15, 0.2) is 0 Å². The van der Waals surface area contributed by atoms with Crippen LogP contribution in [0.3, 0.4) is 0 Å². The van der Waals surface area contributed by atoms with Crippen molar-refractivity contribution in [1.82, 2.24) is 15.1 Å². The fourth-order valence-electron chi connectivity index (χ4n) is 1.85. The number of aryl methyl sites for hydroxylation is 1. The third-order valence-corrected chi connectivity index (χ3v) is 3.54. The molecule has 4 heteroatoms. The molecule has 0 unspecified atom stereocenters. The van der Waals surface area contributed by atoms with Crippen LogP contribution < -0.4 is 5.32 Å². The number of nitrogens with zero attached hydrogens (tertiary/aromatic N) is 2. The van der Waals surface area contributed by atoms with Gasteiger partial charge in [0.05, 0.1) is 5.69 Å². The van der Waals surface area contributed by atoms with Gasteiger partial charge in [-0.1, -0.05) is 0 Å². The SMILES string of the molecule is Cn1cc(CNC2CC2)c(-c2ccsc2)n1. The van der Waals surface area contributed by atoms with Crippen LogP contribution in [-0.2, 0) is 13.6 Å². The van der Waals surface area contributed by atoms with Gasteiger partial charge in [-0.25, -0.2) is 0 Å². The lowest BCUT2D eigenvalue weighted by atomic mass is 10.1. The number of rotatable bonds is 4. The topological polar surface area (TPSA) is 29.9 Å². The van der Waals surface area contributed by atoms with Crippen molar-refractivity contribution in [1.29, 1.82) is 0 Å². The first-order valence-electron chi connectivity index (χ1n) is 5.61. The molecule has 1 saturated carbocycles. The monoisotopic (exact) mass is 233 g/mol. The molecule has 2 aromatic rings. The Morgan fingerprint density at radius 3 is 3.12 bits per heavy atom. The lowest BCUT2D eigenvalue weighted by molar-refractivity contribution is 0.687. The number of aromatic nitrogens is 2. The molecule has 1 aliphatic rings. The summed E-state index contributed by atoms with van der Waals surface area (Å²) in [5.41, 5.74) is 3.66. The highest BCUT2D eigenvalue weighted by molar-refractivity contribution is 7.08. The van der Waals surface area contributed by atoms with E-state index in [2.05, 4.69) is 33.4 Å². The second-order valence-electron chi connectivity index (χ2n) is 4.34. The highest BCUT2D eigenvalue weighted by Crippen LogP contribution is 2.25. The van der Waals surface area contributed by atoms with E-state index in [1.807, 2.05) is 11.7 Å². The Balaban J connectivity index is 1.84. The van der Waals surface area contributed by atoms with Crippen molar-refractivity contribution in [2.45, 2.75) is 25.4 Å². The van der Waals surface area contributed by atoms with Gasteiger partial charge in [-0.05, 0) is 24.3 Å². The average Bonchev–Trinajstić information content (AvgIpc) is 2.79. The highest BCUT2D eigenvalue weighted by atomic mass is 32.1. The van der Waals surface area contributed by atoms with Crippen LogP contribution in [0.1, 0.15) is 18.4 Å². The Morgan fingerprint density at radius 1 is 1.56 bits per heavy atom. The Labute approximate surface area is 99.1 Å². The van der Waals surface area contributed by atoms with Crippen LogP contribution >= 0.6 is 11.3 Å². The number of nitrogens with one attached hydrogen (secondary N) is 1. The van der Waals surface area contributed by atoms with Crippen molar-refractivity contribution in [2.24, 2.45) is 7.05 Å². The summed E-state index contributed by atoms with van der Waals surface area (Å²) in [7, 11) is 1.98. The molecule has 3 rings (SSSR count). The van der Waals surface area contributed by atoms with Crippen LogP contribution in [0.5, 0.6) is 0 Å². The summed E-state index contributed by atoms with van der Waals surface area (Å²) in [5, 5.41) is 12.3. The van der Waals surface area contributed by atoms with E-state index >= 15 is 0 Å². The van der Waals surface area contributed by atoms with Crippen molar-refractivity contribution in [3.05, 3.63) is 28.6 Å². The van der Waals surface area contributed by atoms with Gasteiger partial charge >= 0.3 is 0 Å². The second kappa shape index (κ2) is 4.03. The second-order valence-corrected chi connectivity index (χ2v) is 5.12. The highest BCUT2D eigenvalue weighted by Gasteiger charge is 2.21. The molecule has 1 fully saturated rings. The molecule has 0 aliphatic heterocycles. The number of hydrogen-bond acceptors (Lipinski definition) is 3. The smallest absolute Gasteiger partial charge is 0.0976 e. The zero-order chi connectivity index (χ0) is 11.0. The average molecular weight is 233 g/mol. The van der Waals surface area contributed by atoms with Crippen molar-refractivity contribution < 1.29 is 0 Å². The summed E-state index contributed by atoms with van der Waals surface area (Å²) in [4.78, 5) is 0. The molecule has 0 radical (unpaired) electrons. The number of thiophene rings is 1. The van der Waals surface area contributed by atoms with Gasteiger partial charge in [0, 0.05) is 42.3 Å². The molecule has 2 heterocycles. The predicted molar refractivity (Wildman–Crippen MR) is 66.4 cm³/mol. The zero-order valence-corrected chi connectivity index (χ0v) is 10.1. The Hall–Kier alpha value is -1.13. The van der Waals surface area contributed by atoms with Crippen LogP contribution in [0.4, 0.5) is 0 Å². The summed E-state index contributed by atoms with van der Waals surface area (Å²) in [6.45, 7) is 0.934. The van der Waals surface area contributed by atoms with Crippen LogP contribution in [0.2, 0.25) is 0 Å². The van der Waals surface area contributed by atoms with Gasteiger partial charge in [0.2, 0.25) is 0 Å². The van der Waals surface area contributed by atoms with Crippen LogP contribution in [-0.4, -0.2) is 15.8 Å². The molecule has 0 aromatic carbocycles. The van der Waals surface area contributed by atoms with Gasteiger partial charge in [-0.2, -0.15) is 16.4 Å². The van der Waals surface area contributed by atoms with E-state index in [0.29, 0.717) is 0 Å². The van der Waals surface area contributed by atoms with E-state index < -0.39 is 0 Å². The third-order valence-electron chi connectivity index (χ3n) is 2.86. The first-order valence-corrected chi connectivity index (χ1v) is 6.55. The molecule has 0 amide bonds. The molecule has 1 aliphatic carbocycles. The first-order chi connectivity index (χ1) is 7.83. The normalized spacial score (nSPS) is 15.6. The molecular weight excluding hydrogens is 218 g/mol. The number of hydrogen-bond donors (Lipinski definition) is 1. The molecule has 0 spiro atoms. The zero-order valence-electron chi connectivity index (χ0n) is 9.31. The summed E-state index contributed by atoms with van der Waals surface area (Å²) in [5.74, 6) is 0. The van der Waals surface area contributed by atoms with Crippen LogP contribution in [0.15, 0.2) is 23.0 Å². The van der Waals surface area contributed by atoms with E-state index in [4.69, 9.17) is 0 Å². The third kappa shape index (κ3) is 2.03. The van der Waals surface area contributed by atoms with Crippen molar-refractivity contribution in [2.75, 3.05) is 0 Å². The Bertz CT molecular complexity index is 468. The lowest BCUT2D eigenvalue weighted by Crippen LogP contribution is -2.15. The van der Waals surface area contributed by atoms with Crippen molar-refractivity contribution in [3.63, 3.8) is 0 Å². The minimum atomic E-state index is 0.746. The summed E-state index contributed by atoms with van der Waals surface area (Å²) < 4.78 is 1.90. The molecular formula is C12H15N3S. The van der Waals surface area contributed by atoms with Crippen LogP contribution in [0.25, 0.3) is 11.3 Å². The van der Waals surface area contributed by atoms with E-state index in [-0.39, 0.29) is 0 Å². The Morgan fingerprint density at radius 2 is 2.44 bits per heavy atom. The van der Waals surface area contributed by atoms with Crippen LogP contribution in [0, 0.1) is 0 Å². The van der Waals surface area contributed by atoms with Gasteiger partial charge < -0.3 is 5.32 Å². The molecule has 3 nitrogen and oxygen atoms in total. The van der Waals surface area contributed by atoms with Gasteiger partial charge in [-0.15, -0.1) is 0 Å². The predicted octanol–water partition coefficient (Wildman–Crippen LogP) is 2.40. The maximum atomic E-state index is 4.53. The molecule has 1 N–H and O–H groups in total. The van der Waals surface area contributed by atoms with Gasteiger partial charge in [-0.3, -0.25) is 4.68 Å². The maximum Gasteiger partial charge on any atom is 0.0976 e. The van der Waals surface area contributed by atoms with Crippen molar-refractivity contribution >= 4 is 11.3 Å². The Kier molecular flexibility index (Phi) is 2.53. The van der Waals surface area contributed by atoms with Crippen molar-refractivity contribution in [3.8, 4) is 11.3 Å². The van der Waals surface area contributed by atoms with Gasteiger partial charge in [0.1, 0.15) is 0 Å². The van der Waals surface area contributed by atoms with E-state index in [0.717, 1.165) is 18.3 Å². The molecule has 16 heavy (non-hydrogen) atoms. The molecule has 84 valence electrons. The maximum absolute atomic E-state index is 4.53. The standard InChI is InChI=1S/C12H15N3S/c1-15-7-10(6-13-11-2-3-11)12(14-15)9-4-5-16-8-9/h4-5,7-8,11,13H,2-3,6H2,1H3. The van der Waals surface area contributed by atoms with Gasteiger partial charge in [0.25, 0.3) is 0 Å². The van der Waals surface area contributed by atoms with E-state index in [9.17, 15) is 0 Å². The summed E-state index contributed by atoms with van der Waals surface area (Å²) in [6.07, 6.45) is 4.77. The molecule has 0 bridgehead atoms. The summed E-state index contributed by atoms with van der Waals surface area (Å²) in [6, 6.07) is 2.88.